The Balaban J connectivity index is 0.00000560. The number of carbonyl (C=O) groups is 2. The van der Waals surface area contributed by atoms with Gasteiger partial charge in [0.2, 0.25) is 5.91 Å². The summed E-state index contributed by atoms with van der Waals surface area (Å²) in [5.41, 5.74) is 0.0209. The molecule has 2 fully saturated rings. The van der Waals surface area contributed by atoms with Crippen molar-refractivity contribution >= 4 is 27.5 Å². The van der Waals surface area contributed by atoms with Crippen LogP contribution in [-0.2, 0) is 24.8 Å². The molecule has 0 bridgehead atoms. The van der Waals surface area contributed by atoms with Gasteiger partial charge in [-0.2, -0.15) is 0 Å². The number of aromatic nitrogens is 2. The quantitative estimate of drug-likeness (QED) is 0.398. The lowest BCUT2D eigenvalue weighted by Gasteiger charge is -2.40. The second kappa shape index (κ2) is 14.5. The lowest BCUT2D eigenvalue weighted by atomic mass is 9.92. The van der Waals surface area contributed by atoms with E-state index in [1.807, 2.05) is 30.6 Å². The lowest BCUT2D eigenvalue weighted by Crippen LogP contribution is -2.56. The highest BCUT2D eigenvalue weighted by molar-refractivity contribution is 7.90. The molecule has 1 aromatic rings. The van der Waals surface area contributed by atoms with Crippen molar-refractivity contribution in [1.82, 2.24) is 25.1 Å². The summed E-state index contributed by atoms with van der Waals surface area (Å²) >= 11 is 0. The van der Waals surface area contributed by atoms with Gasteiger partial charge in [0.05, 0.1) is 24.9 Å². The zero-order chi connectivity index (χ0) is 28.8. The summed E-state index contributed by atoms with van der Waals surface area (Å²) < 4.78 is 28.6. The first-order valence-electron chi connectivity index (χ1n) is 13.9. The van der Waals surface area contributed by atoms with E-state index in [4.69, 9.17) is 9.72 Å². The van der Waals surface area contributed by atoms with Crippen molar-refractivity contribution in [2.24, 2.45) is 11.8 Å². The normalized spacial score (nSPS) is 20.1. The number of nitrogens with one attached hydrogen (secondary N) is 2. The largest absolute Gasteiger partial charge is 0.378 e. The molecule has 3 heterocycles. The van der Waals surface area contributed by atoms with Gasteiger partial charge >= 0.3 is 0 Å². The van der Waals surface area contributed by atoms with Crippen LogP contribution in [0.4, 0.5) is 5.82 Å². The number of ether oxygens (including phenoxy) is 1. The molecule has 3 rings (SSSR count). The SMILES string of the molecule is C.CC(C)CN(C(=O)c1cnc(C(C)(C)C)nc1NCCCS(C)(=O)=O)[C@@H]1CNC[C@H](C(=O)N2CCOCC2)C1. The highest BCUT2D eigenvalue weighted by Gasteiger charge is 2.36. The number of sulfone groups is 1. The molecule has 2 saturated heterocycles. The number of amides is 2. The molecular weight excluding hydrogens is 532 g/mol. The van der Waals surface area contributed by atoms with Gasteiger partial charge in [0, 0.05) is 63.2 Å². The van der Waals surface area contributed by atoms with E-state index in [0.29, 0.717) is 82.5 Å². The van der Waals surface area contributed by atoms with Gasteiger partial charge in [0.15, 0.2) is 0 Å². The predicted octanol–water partition coefficient (Wildman–Crippen LogP) is 2.19. The molecule has 2 N–H and O–H groups in total. The molecule has 12 heteroatoms. The smallest absolute Gasteiger partial charge is 0.259 e. The van der Waals surface area contributed by atoms with Crippen LogP contribution in [-0.4, -0.2) is 111 Å². The monoisotopic (exact) mass is 582 g/mol. The molecule has 2 aliphatic rings. The molecule has 0 aliphatic carbocycles. The van der Waals surface area contributed by atoms with Crippen molar-refractivity contribution in [3.63, 3.8) is 0 Å². The number of nitrogens with zero attached hydrogens (tertiary/aromatic N) is 4. The Bertz CT molecular complexity index is 1100. The molecular formula is C28H50N6O5S. The molecule has 2 amide bonds. The number of rotatable bonds is 10. The van der Waals surface area contributed by atoms with Crippen LogP contribution in [0.1, 0.15) is 71.1 Å². The molecule has 40 heavy (non-hydrogen) atoms. The molecule has 11 nitrogen and oxygen atoms in total. The molecule has 0 radical (unpaired) electrons. The highest BCUT2D eigenvalue weighted by atomic mass is 32.2. The van der Waals surface area contributed by atoms with Gasteiger partial charge in [-0.15, -0.1) is 0 Å². The summed E-state index contributed by atoms with van der Waals surface area (Å²) in [6.45, 7) is 14.5. The standard InChI is InChI=1S/C27H46N6O5S.CH4/c1-19(2)18-33(21-14-20(15-28-16-21)24(34)32-9-11-38-12-10-32)25(35)22-17-30-26(27(3,4)5)31-23(22)29-8-7-13-39(6,36)37;/h17,19-21,28H,7-16,18H2,1-6H3,(H,29,30,31);1H4/t20-,21+;/m1./s1. The number of hydrogen-bond acceptors (Lipinski definition) is 9. The average Bonchev–Trinajstić information content (AvgIpc) is 2.88. The Morgan fingerprint density at radius 1 is 1.23 bits per heavy atom. The Morgan fingerprint density at radius 2 is 1.90 bits per heavy atom. The fourth-order valence-electron chi connectivity index (χ4n) is 4.91. The fourth-order valence-corrected chi connectivity index (χ4v) is 5.58. The molecule has 2 atom stereocenters. The molecule has 1 aromatic heterocycles. The van der Waals surface area contributed by atoms with Crippen LogP contribution in [0.2, 0.25) is 0 Å². The fraction of sp³-hybridized carbons (Fsp3) is 0.786. The predicted molar refractivity (Wildman–Crippen MR) is 158 cm³/mol. The van der Waals surface area contributed by atoms with Crippen molar-refractivity contribution in [2.75, 3.05) is 69.8 Å². The first-order valence-corrected chi connectivity index (χ1v) is 16.0. The number of anilines is 1. The summed E-state index contributed by atoms with van der Waals surface area (Å²) in [7, 11) is -3.09. The number of hydrogen-bond donors (Lipinski definition) is 2. The molecule has 0 saturated carbocycles. The summed E-state index contributed by atoms with van der Waals surface area (Å²) in [4.78, 5) is 40.3. The summed E-state index contributed by atoms with van der Waals surface area (Å²) in [6, 6.07) is -0.163. The minimum atomic E-state index is -3.09. The van der Waals surface area contributed by atoms with Gasteiger partial charge in [0.25, 0.3) is 5.91 Å². The maximum Gasteiger partial charge on any atom is 0.259 e. The Labute approximate surface area is 240 Å². The first kappa shape index (κ1) is 33.9. The second-order valence-electron chi connectivity index (χ2n) is 12.1. The van der Waals surface area contributed by atoms with Crippen LogP contribution in [0.3, 0.4) is 0 Å². The Hall–Kier alpha value is -2.31. The third-order valence-electron chi connectivity index (χ3n) is 6.94. The number of piperidine rings is 1. The van der Waals surface area contributed by atoms with E-state index in [1.54, 1.807) is 6.20 Å². The maximum atomic E-state index is 14.1. The zero-order valence-electron chi connectivity index (χ0n) is 24.3. The Morgan fingerprint density at radius 3 is 2.50 bits per heavy atom. The van der Waals surface area contributed by atoms with Gasteiger partial charge in [-0.25, -0.2) is 18.4 Å². The van der Waals surface area contributed by atoms with Crippen molar-refractivity contribution in [2.45, 2.75) is 66.3 Å². The number of carbonyl (C=O) groups excluding carboxylic acids is 2. The van der Waals surface area contributed by atoms with E-state index in [2.05, 4.69) is 29.5 Å². The van der Waals surface area contributed by atoms with Crippen molar-refractivity contribution in [3.05, 3.63) is 17.6 Å². The van der Waals surface area contributed by atoms with Gasteiger partial charge in [-0.05, 0) is 18.8 Å². The maximum absolute atomic E-state index is 14.1. The molecule has 0 spiro atoms. The van der Waals surface area contributed by atoms with Gasteiger partial charge in [0.1, 0.15) is 27.0 Å². The van der Waals surface area contributed by atoms with E-state index in [1.165, 1.54) is 6.26 Å². The van der Waals surface area contributed by atoms with Gasteiger partial charge < -0.3 is 25.2 Å². The molecule has 2 aliphatic heterocycles. The van der Waals surface area contributed by atoms with E-state index in [-0.39, 0.29) is 48.3 Å². The molecule has 0 unspecified atom stereocenters. The van der Waals surface area contributed by atoms with Crippen LogP contribution in [0.25, 0.3) is 0 Å². The molecule has 0 aromatic carbocycles. The van der Waals surface area contributed by atoms with E-state index in [0.717, 1.165) is 0 Å². The summed E-state index contributed by atoms with van der Waals surface area (Å²) in [6.07, 6.45) is 3.77. The summed E-state index contributed by atoms with van der Waals surface area (Å²) in [5.74, 6) is 0.969. The molecule has 228 valence electrons. The van der Waals surface area contributed by atoms with Crippen LogP contribution in [0.15, 0.2) is 6.20 Å². The van der Waals surface area contributed by atoms with Gasteiger partial charge in [-0.1, -0.05) is 42.0 Å². The second-order valence-corrected chi connectivity index (χ2v) is 14.4. The third-order valence-corrected chi connectivity index (χ3v) is 7.97. The van der Waals surface area contributed by atoms with Crippen LogP contribution in [0.5, 0.6) is 0 Å². The van der Waals surface area contributed by atoms with Crippen LogP contribution >= 0.6 is 0 Å². The highest BCUT2D eigenvalue weighted by Crippen LogP contribution is 2.26. The van der Waals surface area contributed by atoms with Crippen LogP contribution in [0, 0.1) is 11.8 Å². The third kappa shape index (κ3) is 9.66. The average molecular weight is 583 g/mol. The lowest BCUT2D eigenvalue weighted by molar-refractivity contribution is -0.140. The zero-order valence-corrected chi connectivity index (χ0v) is 25.1. The van der Waals surface area contributed by atoms with Crippen molar-refractivity contribution < 1.29 is 22.7 Å². The van der Waals surface area contributed by atoms with E-state index in [9.17, 15) is 18.0 Å². The van der Waals surface area contributed by atoms with E-state index < -0.39 is 9.84 Å². The van der Waals surface area contributed by atoms with Crippen molar-refractivity contribution in [3.8, 4) is 0 Å². The van der Waals surface area contributed by atoms with Crippen LogP contribution < -0.4 is 10.6 Å². The van der Waals surface area contributed by atoms with Crippen molar-refractivity contribution in [1.29, 1.82) is 0 Å². The first-order chi connectivity index (χ1) is 18.3. The number of morpholine rings is 1. The minimum absolute atomic E-state index is 0. The van der Waals surface area contributed by atoms with E-state index >= 15 is 0 Å². The summed E-state index contributed by atoms with van der Waals surface area (Å²) in [5, 5.41) is 6.60. The minimum Gasteiger partial charge on any atom is -0.378 e. The topological polar surface area (TPSA) is 134 Å². The van der Waals surface area contributed by atoms with Gasteiger partial charge in [-0.3, -0.25) is 9.59 Å². The Kier molecular flexibility index (Phi) is 12.3.